The summed E-state index contributed by atoms with van der Waals surface area (Å²) in [5.74, 6) is 1.67. The van der Waals surface area contributed by atoms with Gasteiger partial charge in [0.05, 0.1) is 5.56 Å². The van der Waals surface area contributed by atoms with Crippen LogP contribution in [0.25, 0.3) is 0 Å². The normalized spacial score (nSPS) is 21.5. The predicted molar refractivity (Wildman–Crippen MR) is 132 cm³/mol. The number of hydrogen-bond donors (Lipinski definition) is 0. The maximum Gasteiger partial charge on any atom is 0.256 e. The van der Waals surface area contributed by atoms with Gasteiger partial charge in [-0.3, -0.25) is 9.59 Å². The van der Waals surface area contributed by atoms with E-state index < -0.39 is 5.60 Å². The van der Waals surface area contributed by atoms with Crippen LogP contribution >= 0.6 is 11.6 Å². The van der Waals surface area contributed by atoms with E-state index in [0.717, 1.165) is 64.0 Å². The lowest BCUT2D eigenvalue weighted by Gasteiger charge is -2.35. The van der Waals surface area contributed by atoms with Crippen LogP contribution in [0.3, 0.4) is 0 Å². The molecular formula is C25H39ClN4O3. The van der Waals surface area contributed by atoms with Gasteiger partial charge in [-0.15, -0.1) is 0 Å². The number of nitrogens with zero attached hydrogens (tertiary/aromatic N) is 4. The lowest BCUT2D eigenvalue weighted by molar-refractivity contribution is -0.156. The third kappa shape index (κ3) is 5.80. The molecule has 0 saturated carbocycles. The van der Waals surface area contributed by atoms with Crippen LogP contribution in [0.1, 0.15) is 62.7 Å². The number of piperidine rings is 1. The molecular weight excluding hydrogens is 440 g/mol. The van der Waals surface area contributed by atoms with Crippen molar-refractivity contribution >= 4 is 29.2 Å². The summed E-state index contributed by atoms with van der Waals surface area (Å²) in [6.45, 7) is 7.48. The second-order valence-corrected chi connectivity index (χ2v) is 10.4. The maximum absolute atomic E-state index is 13.1. The van der Waals surface area contributed by atoms with Gasteiger partial charge in [-0.2, -0.15) is 0 Å². The highest BCUT2D eigenvalue weighted by molar-refractivity contribution is 6.32. The minimum atomic E-state index is -0.624. The Morgan fingerprint density at radius 3 is 2.48 bits per heavy atom. The summed E-state index contributed by atoms with van der Waals surface area (Å²) in [6, 6.07) is 3.66. The van der Waals surface area contributed by atoms with Crippen molar-refractivity contribution in [3.05, 3.63) is 22.8 Å². The van der Waals surface area contributed by atoms with Crippen LogP contribution in [-0.2, 0) is 9.53 Å². The van der Waals surface area contributed by atoms with E-state index in [1.54, 1.807) is 20.2 Å². The number of anilines is 1. The molecule has 0 bridgehead atoms. The molecule has 0 unspecified atom stereocenters. The molecule has 0 N–H and O–H groups in total. The number of aromatic nitrogens is 1. The van der Waals surface area contributed by atoms with E-state index in [4.69, 9.17) is 16.3 Å². The third-order valence-electron chi connectivity index (χ3n) is 7.21. The van der Waals surface area contributed by atoms with Crippen LogP contribution in [0.5, 0.6) is 0 Å². The molecule has 3 rings (SSSR count). The van der Waals surface area contributed by atoms with E-state index in [1.165, 1.54) is 4.90 Å². The van der Waals surface area contributed by atoms with E-state index in [2.05, 4.69) is 23.7 Å². The fourth-order valence-corrected chi connectivity index (χ4v) is 5.26. The predicted octanol–water partition coefficient (Wildman–Crippen LogP) is 4.10. The molecule has 1 aromatic heterocycles. The van der Waals surface area contributed by atoms with E-state index in [9.17, 15) is 9.59 Å². The third-order valence-corrected chi connectivity index (χ3v) is 7.50. The molecule has 2 aliphatic heterocycles. The lowest BCUT2D eigenvalue weighted by atomic mass is 9.86. The second-order valence-electron chi connectivity index (χ2n) is 10.0. The summed E-state index contributed by atoms with van der Waals surface area (Å²) in [4.78, 5) is 35.3. The highest BCUT2D eigenvalue weighted by Crippen LogP contribution is 2.35. The van der Waals surface area contributed by atoms with Crippen LogP contribution in [0.4, 0.5) is 5.82 Å². The molecule has 8 heteroatoms. The fourth-order valence-electron chi connectivity index (χ4n) is 5.03. The first-order valence-electron chi connectivity index (χ1n) is 12.2. The van der Waals surface area contributed by atoms with Crippen molar-refractivity contribution in [3.8, 4) is 0 Å². The number of halogens is 1. The van der Waals surface area contributed by atoms with Crippen molar-refractivity contribution in [1.82, 2.24) is 14.8 Å². The minimum Gasteiger partial charge on any atom is -0.365 e. The molecule has 33 heavy (non-hydrogen) atoms. The van der Waals surface area contributed by atoms with Crippen molar-refractivity contribution < 1.29 is 14.3 Å². The van der Waals surface area contributed by atoms with Crippen molar-refractivity contribution in [2.75, 3.05) is 52.3 Å². The van der Waals surface area contributed by atoms with Gasteiger partial charge in [0.2, 0.25) is 0 Å². The topological polar surface area (TPSA) is 66.0 Å². The van der Waals surface area contributed by atoms with Crippen molar-refractivity contribution in [1.29, 1.82) is 0 Å². The fraction of sp³-hybridized carbons (Fsp3) is 0.720. The zero-order valence-corrected chi connectivity index (χ0v) is 21.5. The number of hydrogen-bond acceptors (Lipinski definition) is 5. The molecule has 2 saturated heterocycles. The minimum absolute atomic E-state index is 0.139. The molecule has 2 fully saturated rings. The second kappa shape index (κ2) is 11.0. The van der Waals surface area contributed by atoms with Crippen LogP contribution in [0.15, 0.2) is 12.1 Å². The van der Waals surface area contributed by atoms with Crippen LogP contribution in [-0.4, -0.2) is 79.6 Å². The van der Waals surface area contributed by atoms with E-state index in [1.807, 2.05) is 18.0 Å². The molecule has 1 atom stereocenters. The highest BCUT2D eigenvalue weighted by Gasteiger charge is 2.46. The zero-order valence-electron chi connectivity index (χ0n) is 20.8. The van der Waals surface area contributed by atoms with E-state index in [0.29, 0.717) is 18.1 Å². The smallest absolute Gasteiger partial charge is 0.256 e. The first-order chi connectivity index (χ1) is 15.7. The SMILES string of the molecule is CC(C)[C@]1(C(=O)N(C)CCCC2CCN(c3ccc(C(=O)N(C)C)c(Cl)n3)CC2)CCCO1. The van der Waals surface area contributed by atoms with Gasteiger partial charge < -0.3 is 19.4 Å². The van der Waals surface area contributed by atoms with Gasteiger partial charge in [0.15, 0.2) is 0 Å². The number of pyridine rings is 1. The number of amides is 2. The van der Waals surface area contributed by atoms with Crippen molar-refractivity contribution in [3.63, 3.8) is 0 Å². The number of carbonyl (C=O) groups is 2. The van der Waals surface area contributed by atoms with Crippen LogP contribution in [0, 0.1) is 11.8 Å². The van der Waals surface area contributed by atoms with Crippen LogP contribution in [0.2, 0.25) is 5.15 Å². The Kier molecular flexibility index (Phi) is 8.62. The Bertz CT molecular complexity index is 831. The molecule has 2 aliphatic rings. The largest absolute Gasteiger partial charge is 0.365 e. The highest BCUT2D eigenvalue weighted by atomic mass is 35.5. The quantitative estimate of drug-likeness (QED) is 0.526. The van der Waals surface area contributed by atoms with Gasteiger partial charge in [0.1, 0.15) is 16.6 Å². The summed E-state index contributed by atoms with van der Waals surface area (Å²) in [5, 5.41) is 0.256. The Hall–Kier alpha value is -1.86. The molecule has 184 valence electrons. The maximum atomic E-state index is 13.1. The molecule has 7 nitrogen and oxygen atoms in total. The van der Waals surface area contributed by atoms with Gasteiger partial charge in [-0.1, -0.05) is 25.4 Å². The monoisotopic (exact) mass is 478 g/mol. The first-order valence-corrected chi connectivity index (χ1v) is 12.6. The van der Waals surface area contributed by atoms with Gasteiger partial charge in [-0.25, -0.2) is 4.98 Å². The van der Waals surface area contributed by atoms with Gasteiger partial charge in [0.25, 0.3) is 11.8 Å². The number of rotatable bonds is 8. The molecule has 2 amide bonds. The Balaban J connectivity index is 1.45. The lowest BCUT2D eigenvalue weighted by Crippen LogP contribution is -2.51. The number of ether oxygens (including phenoxy) is 1. The van der Waals surface area contributed by atoms with E-state index in [-0.39, 0.29) is 22.9 Å². The summed E-state index contributed by atoms with van der Waals surface area (Å²) < 4.78 is 5.94. The Morgan fingerprint density at radius 2 is 1.94 bits per heavy atom. The Morgan fingerprint density at radius 1 is 1.24 bits per heavy atom. The molecule has 0 spiro atoms. The van der Waals surface area contributed by atoms with Gasteiger partial charge >= 0.3 is 0 Å². The van der Waals surface area contributed by atoms with Crippen molar-refractivity contribution in [2.45, 2.75) is 58.0 Å². The van der Waals surface area contributed by atoms with E-state index >= 15 is 0 Å². The standard InChI is InChI=1S/C25H39ClN4O3/c1-18(2)25(13-7-17-33-25)24(32)29(5)14-6-8-19-11-15-30(16-12-19)21-10-9-20(22(26)27-21)23(31)28(3)4/h9-10,18-19H,6-8,11-17H2,1-5H3/t25-/m0/s1. The summed E-state index contributed by atoms with van der Waals surface area (Å²) in [6.07, 6.45) is 6.10. The summed E-state index contributed by atoms with van der Waals surface area (Å²) in [5.41, 5.74) is -0.192. The van der Waals surface area contributed by atoms with Crippen molar-refractivity contribution in [2.24, 2.45) is 11.8 Å². The molecule has 3 heterocycles. The first kappa shape index (κ1) is 25.8. The molecule has 0 radical (unpaired) electrons. The van der Waals surface area contributed by atoms with Crippen LogP contribution < -0.4 is 4.90 Å². The number of likely N-dealkylation sites (N-methyl/N-ethyl adjacent to an activating group) is 1. The summed E-state index contributed by atoms with van der Waals surface area (Å²) >= 11 is 6.29. The average Bonchev–Trinajstić information content (AvgIpc) is 3.30. The number of carbonyl (C=O) groups excluding carboxylic acids is 2. The van der Waals surface area contributed by atoms with Gasteiger partial charge in [-0.05, 0) is 62.5 Å². The average molecular weight is 479 g/mol. The molecule has 0 aromatic carbocycles. The molecule has 1 aromatic rings. The molecule has 0 aliphatic carbocycles. The van der Waals surface area contributed by atoms with Gasteiger partial charge in [0, 0.05) is 47.4 Å². The zero-order chi connectivity index (χ0) is 24.2. The Labute approximate surface area is 203 Å². The summed E-state index contributed by atoms with van der Waals surface area (Å²) in [7, 11) is 5.32.